The number of rotatable bonds is 3. The summed E-state index contributed by atoms with van der Waals surface area (Å²) in [6.45, 7) is 5.30. The highest BCUT2D eigenvalue weighted by atomic mass is 16.5. The molecule has 0 bridgehead atoms. The molecule has 2 heterocycles. The van der Waals surface area contributed by atoms with Crippen molar-refractivity contribution in [3.8, 4) is 5.75 Å². The molecule has 2 aliphatic heterocycles. The fourth-order valence-electron chi connectivity index (χ4n) is 3.37. The second-order valence-electron chi connectivity index (χ2n) is 6.16. The van der Waals surface area contributed by atoms with Gasteiger partial charge in [0.2, 0.25) is 5.91 Å². The first-order valence-corrected chi connectivity index (χ1v) is 7.13. The van der Waals surface area contributed by atoms with Crippen LogP contribution in [0, 0.1) is 0 Å². The van der Waals surface area contributed by atoms with E-state index in [0.717, 1.165) is 5.69 Å². The zero-order valence-electron chi connectivity index (χ0n) is 12.6. The average Bonchev–Trinajstić information content (AvgIpc) is 2.69. The molecule has 0 spiro atoms. The summed E-state index contributed by atoms with van der Waals surface area (Å²) in [6, 6.07) is 4.90. The van der Waals surface area contributed by atoms with Crippen molar-refractivity contribution < 1.29 is 19.4 Å². The van der Waals surface area contributed by atoms with Crippen LogP contribution in [0.5, 0.6) is 5.75 Å². The van der Waals surface area contributed by atoms with Crippen LogP contribution in [0.1, 0.15) is 24.2 Å². The largest absolute Gasteiger partial charge is 0.489 e. The number of hydrogen-bond donors (Lipinski definition) is 2. The van der Waals surface area contributed by atoms with Crippen LogP contribution in [0.2, 0.25) is 0 Å². The molecule has 2 aliphatic rings. The molecule has 1 atom stereocenters. The molecule has 1 saturated heterocycles. The third kappa shape index (κ3) is 2.18. The van der Waals surface area contributed by atoms with Crippen LogP contribution in [0.25, 0.3) is 0 Å². The summed E-state index contributed by atoms with van der Waals surface area (Å²) in [7, 11) is 0. The lowest BCUT2D eigenvalue weighted by Gasteiger charge is -2.43. The number of carboxylic acid groups (broad SMARTS) is 1. The van der Waals surface area contributed by atoms with Gasteiger partial charge in [0.25, 0.3) is 0 Å². The molecule has 1 aromatic carbocycles. The van der Waals surface area contributed by atoms with Gasteiger partial charge in [-0.15, -0.1) is 0 Å². The van der Waals surface area contributed by atoms with Crippen LogP contribution in [0.15, 0.2) is 18.2 Å². The van der Waals surface area contributed by atoms with Gasteiger partial charge in [0.05, 0.1) is 29.5 Å². The zero-order chi connectivity index (χ0) is 16.1. The van der Waals surface area contributed by atoms with Crippen molar-refractivity contribution in [2.24, 2.45) is 5.73 Å². The number of carboxylic acids is 1. The van der Waals surface area contributed by atoms with E-state index in [1.165, 1.54) is 6.07 Å². The summed E-state index contributed by atoms with van der Waals surface area (Å²) in [6.07, 6.45) is 0. The minimum Gasteiger partial charge on any atom is -0.489 e. The number of primary amides is 1. The highest BCUT2D eigenvalue weighted by Crippen LogP contribution is 2.43. The standard InChI is InChI=1S/C15H19N3O4/c1-15(2)17(7-13(16)19)6-10-8-22-12-4-3-9(14(20)21)5-11(12)18(10)15/h3-5,10H,6-8H2,1-2H3,(H2,16,19)(H,20,21). The van der Waals surface area contributed by atoms with Gasteiger partial charge < -0.3 is 20.5 Å². The van der Waals surface area contributed by atoms with E-state index in [4.69, 9.17) is 10.5 Å². The Balaban J connectivity index is 2.03. The third-order valence-electron chi connectivity index (χ3n) is 4.40. The molecule has 118 valence electrons. The maximum Gasteiger partial charge on any atom is 0.335 e. The molecule has 1 unspecified atom stereocenters. The smallest absolute Gasteiger partial charge is 0.335 e. The number of ether oxygens (including phenoxy) is 1. The van der Waals surface area contributed by atoms with Gasteiger partial charge in [-0.3, -0.25) is 9.69 Å². The molecule has 1 aromatic rings. The number of amides is 1. The number of carbonyl (C=O) groups excluding carboxylic acids is 1. The summed E-state index contributed by atoms with van der Waals surface area (Å²) in [4.78, 5) is 26.6. The molecule has 0 aromatic heterocycles. The number of carbonyl (C=O) groups is 2. The lowest BCUT2D eigenvalue weighted by atomic mass is 10.1. The number of hydrogen-bond acceptors (Lipinski definition) is 5. The van der Waals surface area contributed by atoms with Crippen molar-refractivity contribution in [2.45, 2.75) is 25.6 Å². The molecule has 7 nitrogen and oxygen atoms in total. The number of anilines is 1. The summed E-state index contributed by atoms with van der Waals surface area (Å²) in [5, 5.41) is 9.20. The van der Waals surface area contributed by atoms with Gasteiger partial charge in [0, 0.05) is 6.54 Å². The summed E-state index contributed by atoms with van der Waals surface area (Å²) in [5.41, 5.74) is 5.84. The summed E-state index contributed by atoms with van der Waals surface area (Å²) >= 11 is 0. The van der Waals surface area contributed by atoms with E-state index in [2.05, 4.69) is 4.90 Å². The molecule has 1 amide bonds. The molecule has 0 aliphatic carbocycles. The van der Waals surface area contributed by atoms with Gasteiger partial charge in [0.15, 0.2) is 0 Å². The number of aromatic carboxylic acids is 1. The van der Waals surface area contributed by atoms with Crippen molar-refractivity contribution in [1.82, 2.24) is 4.90 Å². The Hall–Kier alpha value is -2.28. The van der Waals surface area contributed by atoms with Crippen molar-refractivity contribution in [2.75, 3.05) is 24.6 Å². The maximum atomic E-state index is 11.3. The van der Waals surface area contributed by atoms with Crippen molar-refractivity contribution in [3.63, 3.8) is 0 Å². The molecule has 0 saturated carbocycles. The molecule has 1 fully saturated rings. The van der Waals surface area contributed by atoms with Crippen molar-refractivity contribution >= 4 is 17.6 Å². The first-order chi connectivity index (χ1) is 10.3. The first-order valence-electron chi connectivity index (χ1n) is 7.13. The molecule has 3 N–H and O–H groups in total. The topological polar surface area (TPSA) is 96.1 Å². The van der Waals surface area contributed by atoms with Gasteiger partial charge in [-0.1, -0.05) is 0 Å². The normalized spacial score (nSPS) is 22.6. The molecule has 7 heteroatoms. The van der Waals surface area contributed by atoms with Gasteiger partial charge in [-0.05, 0) is 32.0 Å². The van der Waals surface area contributed by atoms with Crippen LogP contribution in [0.4, 0.5) is 5.69 Å². The SMILES string of the molecule is CC1(C)N(CC(N)=O)CC2COc3ccc(C(=O)O)cc3N21. The first kappa shape index (κ1) is 14.6. The number of nitrogens with zero attached hydrogens (tertiary/aromatic N) is 2. The minimum absolute atomic E-state index is 0.0610. The van der Waals surface area contributed by atoms with E-state index in [-0.39, 0.29) is 24.1 Å². The van der Waals surface area contributed by atoms with Crippen molar-refractivity contribution in [3.05, 3.63) is 23.8 Å². The van der Waals surface area contributed by atoms with E-state index in [1.807, 2.05) is 18.7 Å². The highest BCUT2D eigenvalue weighted by Gasteiger charge is 2.48. The number of nitrogens with two attached hydrogens (primary N) is 1. The Kier molecular flexibility index (Phi) is 3.25. The lowest BCUT2D eigenvalue weighted by molar-refractivity contribution is -0.119. The van der Waals surface area contributed by atoms with E-state index >= 15 is 0 Å². The number of fused-ring (bicyclic) bond motifs is 3. The average molecular weight is 305 g/mol. The van der Waals surface area contributed by atoms with Crippen LogP contribution in [0.3, 0.4) is 0 Å². The fourth-order valence-corrected chi connectivity index (χ4v) is 3.37. The molecule has 0 radical (unpaired) electrons. The molecule has 3 rings (SSSR count). The Morgan fingerprint density at radius 1 is 1.45 bits per heavy atom. The van der Waals surface area contributed by atoms with E-state index in [9.17, 15) is 14.7 Å². The number of benzene rings is 1. The summed E-state index contributed by atoms with van der Waals surface area (Å²) < 4.78 is 5.74. The predicted molar refractivity (Wildman–Crippen MR) is 80.0 cm³/mol. The maximum absolute atomic E-state index is 11.3. The Morgan fingerprint density at radius 2 is 2.18 bits per heavy atom. The highest BCUT2D eigenvalue weighted by molar-refractivity contribution is 5.90. The van der Waals surface area contributed by atoms with Crippen LogP contribution in [-0.2, 0) is 4.79 Å². The van der Waals surface area contributed by atoms with Gasteiger partial charge in [-0.25, -0.2) is 4.79 Å². The Labute approximate surface area is 128 Å². The minimum atomic E-state index is -0.976. The monoisotopic (exact) mass is 305 g/mol. The van der Waals surface area contributed by atoms with Crippen LogP contribution >= 0.6 is 0 Å². The zero-order valence-corrected chi connectivity index (χ0v) is 12.6. The fraction of sp³-hybridized carbons (Fsp3) is 0.467. The predicted octanol–water partition coefficient (Wildman–Crippen LogP) is 0.489. The molecular formula is C15H19N3O4. The van der Waals surface area contributed by atoms with Crippen molar-refractivity contribution in [1.29, 1.82) is 0 Å². The lowest BCUT2D eigenvalue weighted by Crippen LogP contribution is -2.53. The van der Waals surface area contributed by atoms with Crippen LogP contribution in [-0.4, -0.2) is 53.3 Å². The molecule has 22 heavy (non-hydrogen) atoms. The van der Waals surface area contributed by atoms with E-state index in [0.29, 0.717) is 18.9 Å². The quantitative estimate of drug-likeness (QED) is 0.843. The second kappa shape index (κ2) is 4.88. The Morgan fingerprint density at radius 3 is 2.82 bits per heavy atom. The van der Waals surface area contributed by atoms with Gasteiger partial charge in [0.1, 0.15) is 12.4 Å². The van der Waals surface area contributed by atoms with E-state index in [1.54, 1.807) is 12.1 Å². The van der Waals surface area contributed by atoms with Crippen LogP contribution < -0.4 is 15.4 Å². The van der Waals surface area contributed by atoms with Gasteiger partial charge in [-0.2, -0.15) is 0 Å². The van der Waals surface area contributed by atoms with E-state index < -0.39 is 11.6 Å². The Bertz CT molecular complexity index is 644. The second-order valence-corrected chi connectivity index (χ2v) is 6.16. The third-order valence-corrected chi connectivity index (χ3v) is 4.40. The summed E-state index contributed by atoms with van der Waals surface area (Å²) in [5.74, 6) is -0.695. The molecular weight excluding hydrogens is 286 g/mol. The van der Waals surface area contributed by atoms with Gasteiger partial charge >= 0.3 is 5.97 Å².